The third-order valence-electron chi connectivity index (χ3n) is 8.46. The van der Waals surface area contributed by atoms with Crippen LogP contribution in [0.4, 0.5) is 11.9 Å². The molecule has 3 heterocycles. The van der Waals surface area contributed by atoms with Crippen LogP contribution < -0.4 is 15.0 Å². The standard InChI is InChI=1S/C37H42N8O6/c1-43(2)22-38-35-41-33-32(34(47)42-35)40-36(39-23-44(3)4)45(33)31-20-29(46)30(51-31)21-50-37(24-10-8-7-9-11-24,25-12-16-27(48-5)17-13-25)26-14-18-28(49-6)19-15-26/h7-19,22-23,29-31,46H,20-21H2,1-6H3,(H,41,42,47)/b38-22+,39-23+/t29-,30+,31+/m0/s1. The Kier molecular flexibility index (Phi) is 10.5. The van der Waals surface area contributed by atoms with Crippen LogP contribution in [0.1, 0.15) is 29.3 Å². The van der Waals surface area contributed by atoms with Gasteiger partial charge in [-0.3, -0.25) is 14.3 Å². The molecule has 1 saturated heterocycles. The van der Waals surface area contributed by atoms with E-state index in [4.69, 9.17) is 18.9 Å². The highest BCUT2D eigenvalue weighted by atomic mass is 16.6. The van der Waals surface area contributed by atoms with E-state index in [1.54, 1.807) is 34.9 Å². The quantitative estimate of drug-likeness (QED) is 0.104. The van der Waals surface area contributed by atoms with Crippen molar-refractivity contribution in [1.29, 1.82) is 0 Å². The molecule has 0 bridgehead atoms. The van der Waals surface area contributed by atoms with E-state index in [1.165, 1.54) is 6.34 Å². The summed E-state index contributed by atoms with van der Waals surface area (Å²) in [6.07, 6.45) is 0.779. The summed E-state index contributed by atoms with van der Waals surface area (Å²) >= 11 is 0. The molecule has 1 aliphatic rings. The number of fused-ring (bicyclic) bond motifs is 1. The largest absolute Gasteiger partial charge is 0.497 e. The zero-order valence-corrected chi connectivity index (χ0v) is 29.4. The Morgan fingerprint density at radius 1 is 0.882 bits per heavy atom. The molecule has 3 atom stereocenters. The number of nitrogens with one attached hydrogen (secondary N) is 1. The van der Waals surface area contributed by atoms with Gasteiger partial charge in [0, 0.05) is 34.6 Å². The fraction of sp³-hybridized carbons (Fsp3) is 0.324. The topological polar surface area (TPSA) is 152 Å². The Hall–Kier alpha value is -5.57. The summed E-state index contributed by atoms with van der Waals surface area (Å²) < 4.78 is 26.1. The van der Waals surface area contributed by atoms with Crippen molar-refractivity contribution >= 4 is 35.7 Å². The van der Waals surface area contributed by atoms with Crippen molar-refractivity contribution in [2.75, 3.05) is 49.0 Å². The first kappa shape index (κ1) is 35.3. The molecule has 0 amide bonds. The molecule has 14 nitrogen and oxygen atoms in total. The Labute approximate surface area is 295 Å². The maximum Gasteiger partial charge on any atom is 0.280 e. The van der Waals surface area contributed by atoms with Crippen molar-refractivity contribution in [1.82, 2.24) is 29.3 Å². The monoisotopic (exact) mass is 694 g/mol. The van der Waals surface area contributed by atoms with Gasteiger partial charge in [0.05, 0.1) is 39.6 Å². The fourth-order valence-corrected chi connectivity index (χ4v) is 6.02. The molecule has 51 heavy (non-hydrogen) atoms. The van der Waals surface area contributed by atoms with Crippen LogP contribution in [0.5, 0.6) is 11.5 Å². The Morgan fingerprint density at radius 3 is 2.02 bits per heavy atom. The average Bonchev–Trinajstić information content (AvgIpc) is 3.70. The van der Waals surface area contributed by atoms with Crippen LogP contribution >= 0.6 is 0 Å². The number of aromatic amines is 1. The van der Waals surface area contributed by atoms with Gasteiger partial charge >= 0.3 is 0 Å². The molecule has 0 saturated carbocycles. The first-order valence-electron chi connectivity index (χ1n) is 16.4. The van der Waals surface area contributed by atoms with E-state index >= 15 is 0 Å². The molecule has 1 aliphatic heterocycles. The van der Waals surface area contributed by atoms with Crippen molar-refractivity contribution in [3.8, 4) is 11.5 Å². The molecule has 14 heteroatoms. The third-order valence-corrected chi connectivity index (χ3v) is 8.46. The minimum atomic E-state index is -1.11. The van der Waals surface area contributed by atoms with Crippen molar-refractivity contribution in [2.24, 2.45) is 9.98 Å². The molecule has 0 radical (unpaired) electrons. The lowest BCUT2D eigenvalue weighted by molar-refractivity contribution is -0.0928. The summed E-state index contributed by atoms with van der Waals surface area (Å²) in [5.41, 5.74) is 1.28. The predicted molar refractivity (Wildman–Crippen MR) is 195 cm³/mol. The van der Waals surface area contributed by atoms with E-state index in [2.05, 4.69) is 24.9 Å². The van der Waals surface area contributed by atoms with Crippen LogP contribution in [0.25, 0.3) is 11.2 Å². The number of aliphatic hydroxyl groups is 1. The van der Waals surface area contributed by atoms with Crippen molar-refractivity contribution < 1.29 is 24.1 Å². The van der Waals surface area contributed by atoms with Crippen LogP contribution in [0.15, 0.2) is 93.6 Å². The number of aliphatic imine (C=N–C) groups is 2. The van der Waals surface area contributed by atoms with Gasteiger partial charge in [0.1, 0.15) is 29.4 Å². The van der Waals surface area contributed by atoms with Gasteiger partial charge < -0.3 is 33.9 Å². The van der Waals surface area contributed by atoms with E-state index in [9.17, 15) is 9.90 Å². The van der Waals surface area contributed by atoms with E-state index in [0.717, 1.165) is 16.7 Å². The highest BCUT2D eigenvalue weighted by Gasteiger charge is 2.43. The number of imidazole rings is 1. The zero-order chi connectivity index (χ0) is 36.1. The number of hydrogen-bond acceptors (Lipinski definition) is 10. The van der Waals surface area contributed by atoms with E-state index in [1.807, 2.05) is 107 Å². The van der Waals surface area contributed by atoms with Gasteiger partial charge in [-0.05, 0) is 41.0 Å². The second-order valence-corrected chi connectivity index (χ2v) is 12.5. The summed E-state index contributed by atoms with van der Waals surface area (Å²) in [6, 6.07) is 25.3. The predicted octanol–water partition coefficient (Wildman–Crippen LogP) is 4.24. The maximum atomic E-state index is 13.1. The fourth-order valence-electron chi connectivity index (χ4n) is 6.02. The van der Waals surface area contributed by atoms with Gasteiger partial charge in [0.25, 0.3) is 5.56 Å². The first-order valence-corrected chi connectivity index (χ1v) is 16.4. The van der Waals surface area contributed by atoms with Crippen LogP contribution in [0.3, 0.4) is 0 Å². The van der Waals surface area contributed by atoms with Crippen molar-refractivity contribution in [3.05, 3.63) is 106 Å². The number of aliphatic hydroxyl groups excluding tert-OH is 1. The summed E-state index contributed by atoms with van der Waals surface area (Å²) in [5, 5.41) is 11.5. The Bertz CT molecular complexity index is 1990. The SMILES string of the molecule is COc1ccc(C(OC[C@H]2O[C@@H](n3c(/N=C/N(C)C)nc4c(=O)[nH]c(/N=C/N(C)C)nc43)C[C@@H]2O)(c2ccccc2)c2ccc(OC)cc2)cc1. The van der Waals surface area contributed by atoms with Crippen LogP contribution in [0.2, 0.25) is 0 Å². The number of H-pyrrole nitrogens is 1. The van der Waals surface area contributed by atoms with E-state index in [0.29, 0.717) is 11.5 Å². The van der Waals surface area contributed by atoms with Gasteiger partial charge in [-0.2, -0.15) is 4.98 Å². The van der Waals surface area contributed by atoms with Crippen molar-refractivity contribution in [3.63, 3.8) is 0 Å². The van der Waals surface area contributed by atoms with Gasteiger partial charge in [-0.25, -0.2) is 15.0 Å². The van der Waals surface area contributed by atoms with Gasteiger partial charge in [0.2, 0.25) is 11.9 Å². The molecule has 266 valence electrons. The maximum absolute atomic E-state index is 13.1. The molecule has 6 rings (SSSR count). The minimum absolute atomic E-state index is 0.0000615. The molecule has 2 aromatic heterocycles. The molecule has 5 aromatic rings. The Morgan fingerprint density at radius 2 is 1.45 bits per heavy atom. The molecule has 3 aromatic carbocycles. The molecule has 1 fully saturated rings. The lowest BCUT2D eigenvalue weighted by Crippen LogP contribution is -2.38. The van der Waals surface area contributed by atoms with E-state index < -0.39 is 29.6 Å². The lowest BCUT2D eigenvalue weighted by Gasteiger charge is -2.37. The molecule has 2 N–H and O–H groups in total. The van der Waals surface area contributed by atoms with E-state index in [-0.39, 0.29) is 36.1 Å². The Balaban J connectivity index is 1.40. The second kappa shape index (κ2) is 15.1. The normalized spacial score (nSPS) is 17.8. The highest BCUT2D eigenvalue weighted by Crippen LogP contribution is 2.43. The summed E-state index contributed by atoms with van der Waals surface area (Å²) in [5.74, 6) is 1.70. The number of methoxy groups -OCH3 is 2. The summed E-state index contributed by atoms with van der Waals surface area (Å²) in [6.45, 7) is -0.0000615. The van der Waals surface area contributed by atoms with Gasteiger partial charge in [-0.15, -0.1) is 0 Å². The molecule has 0 aliphatic carbocycles. The van der Waals surface area contributed by atoms with Gasteiger partial charge in [-0.1, -0.05) is 54.6 Å². The van der Waals surface area contributed by atoms with Gasteiger partial charge in [0.15, 0.2) is 11.2 Å². The average molecular weight is 695 g/mol. The molecular formula is C37H42N8O6. The number of rotatable bonds is 13. The van der Waals surface area contributed by atoms with Crippen LogP contribution in [-0.2, 0) is 15.1 Å². The summed E-state index contributed by atoms with van der Waals surface area (Å²) in [7, 11) is 10.5. The van der Waals surface area contributed by atoms with Crippen LogP contribution in [0, 0.1) is 0 Å². The lowest BCUT2D eigenvalue weighted by atomic mass is 9.80. The minimum Gasteiger partial charge on any atom is -0.497 e. The third kappa shape index (κ3) is 7.33. The first-order chi connectivity index (χ1) is 24.6. The number of hydrogen-bond donors (Lipinski definition) is 2. The number of aromatic nitrogens is 4. The van der Waals surface area contributed by atoms with Crippen LogP contribution in [-0.4, -0.2) is 108 Å². The highest BCUT2D eigenvalue weighted by molar-refractivity contribution is 5.75. The number of nitrogens with zero attached hydrogens (tertiary/aromatic N) is 7. The summed E-state index contributed by atoms with van der Waals surface area (Å²) in [4.78, 5) is 37.2. The molecule has 0 unspecified atom stereocenters. The smallest absolute Gasteiger partial charge is 0.280 e. The second-order valence-electron chi connectivity index (χ2n) is 12.5. The zero-order valence-electron chi connectivity index (χ0n) is 29.4. The van der Waals surface area contributed by atoms with Crippen molar-refractivity contribution in [2.45, 2.75) is 30.5 Å². The number of ether oxygens (including phenoxy) is 4. The molecular weight excluding hydrogens is 652 g/mol. The number of benzene rings is 3. The molecule has 0 spiro atoms.